The molecule has 0 aromatic carbocycles. The van der Waals surface area contributed by atoms with Gasteiger partial charge in [0, 0.05) is 6.42 Å². The molecule has 0 heterocycles. The Kier molecular flexibility index (Phi) is 8.03. The topological polar surface area (TPSA) is 69.7 Å². The van der Waals surface area contributed by atoms with Crippen molar-refractivity contribution < 1.29 is 23.9 Å². The summed E-state index contributed by atoms with van der Waals surface area (Å²) in [5.41, 5.74) is 0. The second kappa shape index (κ2) is 8.67. The summed E-state index contributed by atoms with van der Waals surface area (Å²) in [6.45, 7) is 8.94. The van der Waals surface area contributed by atoms with Gasteiger partial charge in [0.15, 0.2) is 5.92 Å². The summed E-state index contributed by atoms with van der Waals surface area (Å²) >= 11 is 0. The van der Waals surface area contributed by atoms with Gasteiger partial charge in [0.25, 0.3) is 0 Å². The second-order valence-corrected chi connectivity index (χ2v) is 4.80. The van der Waals surface area contributed by atoms with Crippen LogP contribution in [0.2, 0.25) is 0 Å². The zero-order chi connectivity index (χ0) is 15.0. The van der Waals surface area contributed by atoms with Crippen molar-refractivity contribution in [3.8, 4) is 0 Å². The van der Waals surface area contributed by atoms with Gasteiger partial charge in [0.05, 0.1) is 13.2 Å². The minimum absolute atomic E-state index is 0.00251. The molecule has 5 heteroatoms. The van der Waals surface area contributed by atoms with E-state index in [1.165, 1.54) is 6.92 Å². The Hall–Kier alpha value is -1.39. The molecule has 0 radical (unpaired) electrons. The highest BCUT2D eigenvalue weighted by Crippen LogP contribution is 2.27. The Morgan fingerprint density at radius 1 is 0.947 bits per heavy atom. The van der Waals surface area contributed by atoms with Crippen LogP contribution in [0.15, 0.2) is 0 Å². The van der Waals surface area contributed by atoms with Crippen LogP contribution in [-0.2, 0) is 23.9 Å². The van der Waals surface area contributed by atoms with Crippen molar-refractivity contribution in [2.45, 2.75) is 41.0 Å². The molecule has 0 amide bonds. The maximum atomic E-state index is 12.0. The molecule has 0 aromatic rings. The van der Waals surface area contributed by atoms with Gasteiger partial charge >= 0.3 is 11.9 Å². The fourth-order valence-corrected chi connectivity index (χ4v) is 1.98. The summed E-state index contributed by atoms with van der Waals surface area (Å²) in [6, 6.07) is 0. The summed E-state index contributed by atoms with van der Waals surface area (Å²) in [5, 5.41) is 0. The molecule has 0 aromatic heterocycles. The molecule has 0 aliphatic rings. The molecule has 0 saturated heterocycles. The van der Waals surface area contributed by atoms with Gasteiger partial charge in [-0.25, -0.2) is 0 Å². The molecule has 0 fully saturated rings. The van der Waals surface area contributed by atoms with E-state index in [2.05, 4.69) is 0 Å². The van der Waals surface area contributed by atoms with Crippen molar-refractivity contribution >= 4 is 17.7 Å². The van der Waals surface area contributed by atoms with Gasteiger partial charge < -0.3 is 14.3 Å². The van der Waals surface area contributed by atoms with E-state index in [0.29, 0.717) is 0 Å². The third-order valence-corrected chi connectivity index (χ3v) is 2.89. The smallest absolute Gasteiger partial charge is 0.320 e. The molecule has 0 spiro atoms. The van der Waals surface area contributed by atoms with Crippen molar-refractivity contribution in [2.75, 3.05) is 13.2 Å². The van der Waals surface area contributed by atoms with E-state index < -0.39 is 23.8 Å². The minimum atomic E-state index is -1.02. The van der Waals surface area contributed by atoms with Gasteiger partial charge in [-0.3, -0.25) is 9.59 Å². The number of hydrogen-bond acceptors (Lipinski definition) is 5. The molecule has 19 heavy (non-hydrogen) atoms. The summed E-state index contributed by atoms with van der Waals surface area (Å²) in [4.78, 5) is 35.2. The maximum absolute atomic E-state index is 12.0. The first kappa shape index (κ1) is 17.6. The molecule has 0 bridgehead atoms. The number of esters is 2. The van der Waals surface area contributed by atoms with Gasteiger partial charge in [0.2, 0.25) is 0 Å². The third kappa shape index (κ3) is 5.85. The predicted octanol–water partition coefficient (Wildman–Crippen LogP) is 1.98. The van der Waals surface area contributed by atoms with E-state index in [0.717, 1.165) is 0 Å². The molecule has 0 aliphatic heterocycles. The van der Waals surface area contributed by atoms with Crippen LogP contribution in [0.5, 0.6) is 0 Å². The standard InChI is InChI=1S/C14H24O5/c1-6-18-13(16)12(14(17)19-7-2)11(9(3)4)8-10(5)15/h9,11-12H,6-8H2,1-5H3. The first-order valence-corrected chi connectivity index (χ1v) is 6.67. The molecular weight excluding hydrogens is 248 g/mol. The van der Waals surface area contributed by atoms with Gasteiger partial charge in [-0.05, 0) is 32.6 Å². The third-order valence-electron chi connectivity index (χ3n) is 2.89. The molecular formula is C14H24O5. The summed E-state index contributed by atoms with van der Waals surface area (Å²) in [5.74, 6) is -2.69. The first-order chi connectivity index (χ1) is 8.84. The highest BCUT2D eigenvalue weighted by molar-refractivity contribution is 5.96. The van der Waals surface area contributed by atoms with E-state index in [1.54, 1.807) is 13.8 Å². The summed E-state index contributed by atoms with van der Waals surface area (Å²) in [7, 11) is 0. The van der Waals surface area contributed by atoms with Crippen molar-refractivity contribution in [3.63, 3.8) is 0 Å². The van der Waals surface area contributed by atoms with E-state index in [1.807, 2.05) is 13.8 Å². The SMILES string of the molecule is CCOC(=O)C(C(=O)OCC)C(CC(C)=O)C(C)C. The largest absolute Gasteiger partial charge is 0.465 e. The van der Waals surface area contributed by atoms with Crippen LogP contribution in [0.4, 0.5) is 0 Å². The van der Waals surface area contributed by atoms with E-state index in [4.69, 9.17) is 9.47 Å². The Morgan fingerprint density at radius 3 is 1.63 bits per heavy atom. The number of ketones is 1. The average molecular weight is 272 g/mol. The Bertz CT molecular complexity index is 304. The van der Waals surface area contributed by atoms with Crippen LogP contribution in [0.3, 0.4) is 0 Å². The highest BCUT2D eigenvalue weighted by atomic mass is 16.6. The van der Waals surface area contributed by atoms with Crippen molar-refractivity contribution in [1.82, 2.24) is 0 Å². The van der Waals surface area contributed by atoms with Crippen LogP contribution in [0.25, 0.3) is 0 Å². The number of hydrogen-bond donors (Lipinski definition) is 0. The lowest BCUT2D eigenvalue weighted by Crippen LogP contribution is -2.37. The van der Waals surface area contributed by atoms with E-state index >= 15 is 0 Å². The van der Waals surface area contributed by atoms with Gasteiger partial charge in [-0.2, -0.15) is 0 Å². The molecule has 0 aliphatic carbocycles. The van der Waals surface area contributed by atoms with Gasteiger partial charge in [0.1, 0.15) is 5.78 Å². The quantitative estimate of drug-likeness (QED) is 0.499. The average Bonchev–Trinajstić information content (AvgIpc) is 2.28. The molecule has 5 nitrogen and oxygen atoms in total. The van der Waals surface area contributed by atoms with Crippen molar-refractivity contribution in [3.05, 3.63) is 0 Å². The van der Waals surface area contributed by atoms with Gasteiger partial charge in [-0.1, -0.05) is 13.8 Å². The number of Topliss-reactive ketones (excluding diaryl/α,β-unsaturated/α-hetero) is 1. The molecule has 110 valence electrons. The summed E-state index contributed by atoms with van der Waals surface area (Å²) < 4.78 is 9.87. The fourth-order valence-electron chi connectivity index (χ4n) is 1.98. The lowest BCUT2D eigenvalue weighted by Gasteiger charge is -2.26. The summed E-state index contributed by atoms with van der Waals surface area (Å²) in [6.07, 6.45) is 0.167. The lowest BCUT2D eigenvalue weighted by molar-refractivity contribution is -0.165. The monoisotopic (exact) mass is 272 g/mol. The number of ether oxygens (including phenoxy) is 2. The lowest BCUT2D eigenvalue weighted by atomic mass is 9.80. The normalized spacial score (nSPS) is 12.4. The Labute approximate surface area is 114 Å². The Balaban J connectivity index is 5.19. The number of rotatable bonds is 8. The fraction of sp³-hybridized carbons (Fsp3) is 0.786. The molecule has 0 saturated carbocycles. The zero-order valence-corrected chi connectivity index (χ0v) is 12.4. The van der Waals surface area contributed by atoms with Crippen LogP contribution in [0, 0.1) is 17.8 Å². The molecule has 0 rings (SSSR count). The molecule has 1 unspecified atom stereocenters. The van der Waals surface area contributed by atoms with E-state index in [9.17, 15) is 14.4 Å². The minimum Gasteiger partial charge on any atom is -0.465 e. The molecule has 0 N–H and O–H groups in total. The van der Waals surface area contributed by atoms with Crippen LogP contribution < -0.4 is 0 Å². The zero-order valence-electron chi connectivity index (χ0n) is 12.4. The van der Waals surface area contributed by atoms with Crippen molar-refractivity contribution in [1.29, 1.82) is 0 Å². The number of carbonyl (C=O) groups excluding carboxylic acids is 3. The van der Waals surface area contributed by atoms with Crippen LogP contribution in [0.1, 0.15) is 41.0 Å². The predicted molar refractivity (Wildman–Crippen MR) is 70.4 cm³/mol. The number of carbonyl (C=O) groups is 3. The first-order valence-electron chi connectivity index (χ1n) is 6.67. The van der Waals surface area contributed by atoms with Gasteiger partial charge in [-0.15, -0.1) is 0 Å². The second-order valence-electron chi connectivity index (χ2n) is 4.80. The highest BCUT2D eigenvalue weighted by Gasteiger charge is 2.39. The maximum Gasteiger partial charge on any atom is 0.320 e. The molecule has 1 atom stereocenters. The van der Waals surface area contributed by atoms with Crippen molar-refractivity contribution in [2.24, 2.45) is 17.8 Å². The van der Waals surface area contributed by atoms with Crippen LogP contribution in [-0.4, -0.2) is 30.9 Å². The Morgan fingerprint density at radius 2 is 1.37 bits per heavy atom. The van der Waals surface area contributed by atoms with E-state index in [-0.39, 0.29) is 31.3 Å². The van der Waals surface area contributed by atoms with Crippen LogP contribution >= 0.6 is 0 Å².